The first-order valence-electron chi connectivity index (χ1n) is 7.39. The fraction of sp³-hybridized carbons (Fsp3) is 0.222. The topological polar surface area (TPSA) is 41.1 Å². The lowest BCUT2D eigenvalue weighted by Gasteiger charge is -2.15. The number of benzene rings is 2. The van der Waals surface area contributed by atoms with Crippen molar-refractivity contribution < 1.29 is 4.79 Å². The summed E-state index contributed by atoms with van der Waals surface area (Å²) in [5.74, 6) is -0.202. The van der Waals surface area contributed by atoms with Crippen LogP contribution in [0.4, 0.5) is 5.69 Å². The van der Waals surface area contributed by atoms with Crippen molar-refractivity contribution in [2.75, 3.05) is 5.32 Å². The van der Waals surface area contributed by atoms with E-state index in [4.69, 9.17) is 12.2 Å². The van der Waals surface area contributed by atoms with E-state index in [1.807, 2.05) is 38.1 Å². The first kappa shape index (κ1) is 17.9. The monoisotopic (exact) mass is 438 g/mol. The first-order chi connectivity index (χ1) is 10.9. The van der Waals surface area contributed by atoms with Crippen LogP contribution in [0.15, 0.2) is 36.4 Å². The Balaban J connectivity index is 2.10. The number of rotatable bonds is 3. The molecule has 120 valence electrons. The summed E-state index contributed by atoms with van der Waals surface area (Å²) >= 11 is 7.51. The maximum atomic E-state index is 12.3. The average Bonchev–Trinajstić information content (AvgIpc) is 2.51. The number of carbonyl (C=O) groups is 1. The van der Waals surface area contributed by atoms with Gasteiger partial charge in [-0.2, -0.15) is 0 Å². The lowest BCUT2D eigenvalue weighted by Crippen LogP contribution is -2.34. The van der Waals surface area contributed by atoms with Crippen molar-refractivity contribution in [1.29, 1.82) is 0 Å². The number of halogens is 1. The number of hydrogen-bond donors (Lipinski definition) is 2. The van der Waals surface area contributed by atoms with Crippen LogP contribution < -0.4 is 10.6 Å². The molecule has 0 atom stereocenters. The molecule has 0 aromatic heterocycles. The molecule has 0 spiro atoms. The second kappa shape index (κ2) is 7.88. The zero-order valence-corrected chi connectivity index (χ0v) is 16.3. The molecule has 23 heavy (non-hydrogen) atoms. The second-order valence-corrected chi connectivity index (χ2v) is 6.91. The molecular weight excluding hydrogens is 419 g/mol. The SMILES string of the molecule is CCc1cccc(C)c1NC(=S)NC(=O)c1ccc(C)c(I)c1. The minimum atomic E-state index is -0.202. The van der Waals surface area contributed by atoms with Gasteiger partial charge in [0, 0.05) is 14.8 Å². The Morgan fingerprint density at radius 1 is 1.17 bits per heavy atom. The van der Waals surface area contributed by atoms with Crippen molar-refractivity contribution in [1.82, 2.24) is 5.32 Å². The Labute approximate surface area is 156 Å². The van der Waals surface area contributed by atoms with Crippen molar-refractivity contribution in [3.8, 4) is 0 Å². The fourth-order valence-corrected chi connectivity index (χ4v) is 2.97. The molecule has 2 N–H and O–H groups in total. The largest absolute Gasteiger partial charge is 0.332 e. The van der Waals surface area contributed by atoms with E-state index >= 15 is 0 Å². The second-order valence-electron chi connectivity index (χ2n) is 5.33. The normalized spacial score (nSPS) is 10.3. The average molecular weight is 438 g/mol. The molecule has 2 rings (SSSR count). The fourth-order valence-electron chi connectivity index (χ4n) is 2.26. The van der Waals surface area contributed by atoms with E-state index in [0.717, 1.165) is 26.8 Å². The summed E-state index contributed by atoms with van der Waals surface area (Å²) in [6.07, 6.45) is 0.900. The molecule has 3 nitrogen and oxygen atoms in total. The summed E-state index contributed by atoms with van der Waals surface area (Å²) in [6, 6.07) is 11.7. The number of aryl methyl sites for hydroxylation is 3. The van der Waals surface area contributed by atoms with E-state index in [-0.39, 0.29) is 5.91 Å². The standard InChI is InChI=1S/C18H19IN2OS/c1-4-13-7-5-6-12(3)16(13)20-18(23)21-17(22)14-9-8-11(2)15(19)10-14/h5-10H,4H2,1-3H3,(H2,20,21,22,23). The maximum Gasteiger partial charge on any atom is 0.257 e. The summed E-state index contributed by atoms with van der Waals surface area (Å²) in [7, 11) is 0. The molecule has 2 aromatic carbocycles. The van der Waals surface area contributed by atoms with Crippen LogP contribution in [0.5, 0.6) is 0 Å². The van der Waals surface area contributed by atoms with Crippen molar-refractivity contribution in [2.45, 2.75) is 27.2 Å². The number of carbonyl (C=O) groups excluding carboxylic acids is 1. The van der Waals surface area contributed by atoms with Crippen molar-refractivity contribution in [3.05, 3.63) is 62.2 Å². The Morgan fingerprint density at radius 3 is 2.57 bits per heavy atom. The molecule has 0 bridgehead atoms. The highest BCUT2D eigenvalue weighted by Crippen LogP contribution is 2.21. The number of thiocarbonyl (C=S) groups is 1. The first-order valence-corrected chi connectivity index (χ1v) is 8.88. The maximum absolute atomic E-state index is 12.3. The zero-order chi connectivity index (χ0) is 17.0. The summed E-state index contributed by atoms with van der Waals surface area (Å²) in [5, 5.41) is 6.22. The molecule has 0 aliphatic carbocycles. The van der Waals surface area contributed by atoms with E-state index in [9.17, 15) is 4.79 Å². The Hall–Kier alpha value is -1.47. The lowest BCUT2D eigenvalue weighted by molar-refractivity contribution is 0.0977. The molecule has 0 aliphatic heterocycles. The molecular formula is C18H19IN2OS. The van der Waals surface area contributed by atoms with Gasteiger partial charge in [-0.3, -0.25) is 10.1 Å². The molecule has 0 aliphatic rings. The zero-order valence-electron chi connectivity index (χ0n) is 13.4. The molecule has 0 fully saturated rings. The quantitative estimate of drug-likeness (QED) is 0.544. The molecule has 0 saturated heterocycles. The number of hydrogen-bond acceptors (Lipinski definition) is 2. The van der Waals surface area contributed by atoms with Gasteiger partial charge in [0.15, 0.2) is 5.11 Å². The van der Waals surface area contributed by atoms with Gasteiger partial charge in [-0.1, -0.05) is 31.2 Å². The summed E-state index contributed by atoms with van der Waals surface area (Å²) in [6.45, 7) is 6.13. The highest BCUT2D eigenvalue weighted by atomic mass is 127. The molecule has 1 amide bonds. The van der Waals surface area contributed by atoms with Crippen molar-refractivity contribution >= 4 is 51.5 Å². The summed E-state index contributed by atoms with van der Waals surface area (Å²) in [4.78, 5) is 12.3. The van der Waals surface area contributed by atoms with E-state index < -0.39 is 0 Å². The van der Waals surface area contributed by atoms with Gasteiger partial charge in [0.1, 0.15) is 0 Å². The van der Waals surface area contributed by atoms with Crippen LogP contribution in [-0.2, 0) is 6.42 Å². The van der Waals surface area contributed by atoms with E-state index in [2.05, 4.69) is 46.2 Å². The summed E-state index contributed by atoms with van der Waals surface area (Å²) < 4.78 is 1.06. The number of amides is 1. The third kappa shape index (κ3) is 4.51. The third-order valence-corrected chi connectivity index (χ3v) is 5.01. The lowest BCUT2D eigenvalue weighted by atomic mass is 10.1. The van der Waals surface area contributed by atoms with Gasteiger partial charge < -0.3 is 5.32 Å². The Morgan fingerprint density at radius 2 is 1.91 bits per heavy atom. The van der Waals surface area contributed by atoms with Crippen LogP contribution in [0.25, 0.3) is 0 Å². The van der Waals surface area contributed by atoms with Gasteiger partial charge in [0.25, 0.3) is 5.91 Å². The van der Waals surface area contributed by atoms with Crippen LogP contribution in [0, 0.1) is 17.4 Å². The van der Waals surface area contributed by atoms with E-state index in [0.29, 0.717) is 10.7 Å². The van der Waals surface area contributed by atoms with Gasteiger partial charge in [0.05, 0.1) is 0 Å². The highest BCUT2D eigenvalue weighted by molar-refractivity contribution is 14.1. The third-order valence-electron chi connectivity index (χ3n) is 3.64. The predicted molar refractivity (Wildman–Crippen MR) is 108 cm³/mol. The molecule has 0 saturated carbocycles. The predicted octanol–water partition coefficient (Wildman–Crippen LogP) is 4.60. The van der Waals surface area contributed by atoms with Crippen LogP contribution in [-0.4, -0.2) is 11.0 Å². The molecule has 2 aromatic rings. The minimum absolute atomic E-state index is 0.202. The van der Waals surface area contributed by atoms with E-state index in [1.165, 1.54) is 5.56 Å². The van der Waals surface area contributed by atoms with Crippen LogP contribution >= 0.6 is 34.8 Å². The Kier molecular flexibility index (Phi) is 6.12. The van der Waals surface area contributed by atoms with Crippen LogP contribution in [0.1, 0.15) is 34.0 Å². The molecule has 5 heteroatoms. The van der Waals surface area contributed by atoms with Crippen LogP contribution in [0.2, 0.25) is 0 Å². The van der Waals surface area contributed by atoms with Gasteiger partial charge in [-0.15, -0.1) is 0 Å². The van der Waals surface area contributed by atoms with Gasteiger partial charge in [-0.05, 0) is 83.9 Å². The van der Waals surface area contributed by atoms with Crippen molar-refractivity contribution in [3.63, 3.8) is 0 Å². The van der Waals surface area contributed by atoms with Crippen molar-refractivity contribution in [2.24, 2.45) is 0 Å². The minimum Gasteiger partial charge on any atom is -0.332 e. The number of nitrogens with one attached hydrogen (secondary N) is 2. The smallest absolute Gasteiger partial charge is 0.257 e. The van der Waals surface area contributed by atoms with Gasteiger partial charge >= 0.3 is 0 Å². The molecule has 0 unspecified atom stereocenters. The molecule has 0 radical (unpaired) electrons. The highest BCUT2D eigenvalue weighted by Gasteiger charge is 2.11. The Bertz CT molecular complexity index is 759. The van der Waals surface area contributed by atoms with Crippen LogP contribution in [0.3, 0.4) is 0 Å². The van der Waals surface area contributed by atoms with E-state index in [1.54, 1.807) is 6.07 Å². The number of anilines is 1. The summed E-state index contributed by atoms with van der Waals surface area (Å²) in [5.41, 5.74) is 5.00. The molecule has 0 heterocycles. The van der Waals surface area contributed by atoms with Gasteiger partial charge in [-0.25, -0.2) is 0 Å². The van der Waals surface area contributed by atoms with Gasteiger partial charge in [0.2, 0.25) is 0 Å². The number of para-hydroxylation sites is 1.